The smallest absolute Gasteiger partial charge is 0.137 e. The molecule has 0 aliphatic carbocycles. The van der Waals surface area contributed by atoms with Crippen molar-refractivity contribution in [3.63, 3.8) is 0 Å². The normalized spacial score (nSPS) is 11.9. The van der Waals surface area contributed by atoms with E-state index >= 15 is 0 Å². The minimum Gasteiger partial charge on any atom is -0.507 e. The summed E-state index contributed by atoms with van der Waals surface area (Å²) in [5.41, 5.74) is 2.77. The quantitative estimate of drug-likeness (QED) is 0.705. The first-order valence-corrected chi connectivity index (χ1v) is 6.13. The fourth-order valence-corrected chi connectivity index (χ4v) is 2.11. The van der Waals surface area contributed by atoms with Crippen LogP contribution in [0.3, 0.4) is 0 Å². The predicted octanol–water partition coefficient (Wildman–Crippen LogP) is 3.63. The monoisotopic (exact) mass is 250 g/mol. The molecular formula is C16H14N2O. The van der Waals surface area contributed by atoms with Crippen LogP contribution in [0.1, 0.15) is 11.4 Å². The molecule has 2 aromatic carbocycles. The van der Waals surface area contributed by atoms with Crippen molar-refractivity contribution in [3.8, 4) is 0 Å². The standard InChI is InChI=1S/C16H14N2O/c1-18-14-10-6-5-9-13(14)17-16(18)11-15(19)12-7-3-2-4-8-12/h2-11,19H,1H3/b15-11-. The van der Waals surface area contributed by atoms with E-state index in [1.54, 1.807) is 6.08 Å². The Morgan fingerprint density at radius 3 is 2.47 bits per heavy atom. The lowest BCUT2D eigenvalue weighted by Gasteiger charge is -2.00. The van der Waals surface area contributed by atoms with Gasteiger partial charge in [0.1, 0.15) is 11.6 Å². The van der Waals surface area contributed by atoms with Crippen LogP contribution in [0.2, 0.25) is 0 Å². The lowest BCUT2D eigenvalue weighted by atomic mass is 10.2. The average Bonchev–Trinajstić information content (AvgIpc) is 2.77. The largest absolute Gasteiger partial charge is 0.507 e. The Labute approximate surface area is 111 Å². The van der Waals surface area contributed by atoms with Crippen LogP contribution in [0, 0.1) is 0 Å². The Morgan fingerprint density at radius 2 is 1.74 bits per heavy atom. The molecule has 3 rings (SSSR count). The molecule has 0 unspecified atom stereocenters. The number of nitrogens with zero attached hydrogens (tertiary/aromatic N) is 2. The Morgan fingerprint density at radius 1 is 1.05 bits per heavy atom. The lowest BCUT2D eigenvalue weighted by molar-refractivity contribution is 0.515. The lowest BCUT2D eigenvalue weighted by Crippen LogP contribution is -1.92. The van der Waals surface area contributed by atoms with Crippen molar-refractivity contribution in [1.82, 2.24) is 9.55 Å². The average molecular weight is 250 g/mol. The van der Waals surface area contributed by atoms with Crippen LogP contribution in [-0.4, -0.2) is 14.7 Å². The minimum atomic E-state index is 0.221. The highest BCUT2D eigenvalue weighted by Crippen LogP contribution is 2.19. The predicted molar refractivity (Wildman–Crippen MR) is 77.7 cm³/mol. The van der Waals surface area contributed by atoms with Gasteiger partial charge >= 0.3 is 0 Å². The Kier molecular flexibility index (Phi) is 2.80. The number of fused-ring (bicyclic) bond motifs is 1. The molecule has 0 aliphatic rings. The minimum absolute atomic E-state index is 0.221. The summed E-state index contributed by atoms with van der Waals surface area (Å²) in [6.07, 6.45) is 1.69. The topological polar surface area (TPSA) is 38.0 Å². The van der Waals surface area contributed by atoms with Gasteiger partial charge in [0.2, 0.25) is 0 Å². The van der Waals surface area contributed by atoms with Gasteiger partial charge in [0.05, 0.1) is 11.0 Å². The van der Waals surface area contributed by atoms with Crippen molar-refractivity contribution < 1.29 is 5.11 Å². The first-order valence-electron chi connectivity index (χ1n) is 6.13. The number of para-hydroxylation sites is 2. The Hall–Kier alpha value is -2.55. The molecule has 3 nitrogen and oxygen atoms in total. The number of rotatable bonds is 2. The number of hydrogen-bond acceptors (Lipinski definition) is 2. The van der Waals surface area contributed by atoms with Gasteiger partial charge in [-0.15, -0.1) is 0 Å². The number of benzene rings is 2. The zero-order valence-corrected chi connectivity index (χ0v) is 10.6. The molecule has 0 spiro atoms. The van der Waals surface area contributed by atoms with E-state index in [4.69, 9.17) is 0 Å². The summed E-state index contributed by atoms with van der Waals surface area (Å²) in [5.74, 6) is 0.960. The summed E-state index contributed by atoms with van der Waals surface area (Å²) >= 11 is 0. The van der Waals surface area contributed by atoms with E-state index < -0.39 is 0 Å². The third-order valence-corrected chi connectivity index (χ3v) is 3.16. The summed E-state index contributed by atoms with van der Waals surface area (Å²) < 4.78 is 1.97. The van der Waals surface area contributed by atoms with Crippen LogP contribution in [0.5, 0.6) is 0 Å². The molecule has 0 bridgehead atoms. The van der Waals surface area contributed by atoms with Crippen molar-refractivity contribution in [2.24, 2.45) is 7.05 Å². The molecule has 0 atom stereocenters. The summed E-state index contributed by atoms with van der Waals surface area (Å²) in [4.78, 5) is 4.50. The van der Waals surface area contributed by atoms with Gasteiger partial charge in [0.25, 0.3) is 0 Å². The first-order chi connectivity index (χ1) is 9.25. The van der Waals surface area contributed by atoms with Crippen LogP contribution in [0.15, 0.2) is 54.6 Å². The van der Waals surface area contributed by atoms with Gasteiger partial charge in [-0.25, -0.2) is 4.98 Å². The molecule has 0 saturated heterocycles. The van der Waals surface area contributed by atoms with E-state index in [0.29, 0.717) is 0 Å². The second-order valence-electron chi connectivity index (χ2n) is 4.41. The molecule has 0 radical (unpaired) electrons. The summed E-state index contributed by atoms with van der Waals surface area (Å²) in [7, 11) is 1.94. The van der Waals surface area contributed by atoms with Crippen LogP contribution in [-0.2, 0) is 7.05 Å². The molecular weight excluding hydrogens is 236 g/mol. The molecule has 94 valence electrons. The highest BCUT2D eigenvalue weighted by atomic mass is 16.3. The van der Waals surface area contributed by atoms with Crippen LogP contribution < -0.4 is 0 Å². The molecule has 3 aromatic rings. The van der Waals surface area contributed by atoms with Crippen molar-refractivity contribution in [2.45, 2.75) is 0 Å². The highest BCUT2D eigenvalue weighted by Gasteiger charge is 2.06. The molecule has 1 N–H and O–H groups in total. The highest BCUT2D eigenvalue weighted by molar-refractivity contribution is 5.81. The van der Waals surface area contributed by atoms with Crippen molar-refractivity contribution in [1.29, 1.82) is 0 Å². The molecule has 3 heteroatoms. The van der Waals surface area contributed by atoms with E-state index in [0.717, 1.165) is 22.4 Å². The van der Waals surface area contributed by atoms with Gasteiger partial charge in [-0.05, 0) is 12.1 Å². The third kappa shape index (κ3) is 2.10. The van der Waals surface area contributed by atoms with E-state index in [1.807, 2.05) is 66.2 Å². The zero-order chi connectivity index (χ0) is 13.2. The first kappa shape index (κ1) is 11.5. The van der Waals surface area contributed by atoms with Gasteiger partial charge in [0, 0.05) is 18.7 Å². The molecule has 0 amide bonds. The fraction of sp³-hybridized carbons (Fsp3) is 0.0625. The van der Waals surface area contributed by atoms with Gasteiger partial charge in [0.15, 0.2) is 0 Å². The van der Waals surface area contributed by atoms with E-state index in [2.05, 4.69) is 4.98 Å². The van der Waals surface area contributed by atoms with E-state index in [9.17, 15) is 5.11 Å². The third-order valence-electron chi connectivity index (χ3n) is 3.16. The number of imidazole rings is 1. The van der Waals surface area contributed by atoms with E-state index in [-0.39, 0.29) is 5.76 Å². The fourth-order valence-electron chi connectivity index (χ4n) is 2.11. The van der Waals surface area contributed by atoms with Crippen molar-refractivity contribution in [3.05, 3.63) is 66.0 Å². The maximum Gasteiger partial charge on any atom is 0.137 e. The maximum absolute atomic E-state index is 10.1. The Balaban J connectivity index is 2.08. The molecule has 1 heterocycles. The summed E-state index contributed by atoms with van der Waals surface area (Å²) in [6.45, 7) is 0. The number of aromatic nitrogens is 2. The summed E-state index contributed by atoms with van der Waals surface area (Å²) in [6, 6.07) is 17.4. The molecule has 0 saturated carbocycles. The zero-order valence-electron chi connectivity index (χ0n) is 10.6. The molecule has 0 fully saturated rings. The van der Waals surface area contributed by atoms with Gasteiger partial charge in [-0.3, -0.25) is 0 Å². The second kappa shape index (κ2) is 4.61. The van der Waals surface area contributed by atoms with Gasteiger partial charge in [-0.2, -0.15) is 0 Å². The van der Waals surface area contributed by atoms with E-state index in [1.165, 1.54) is 0 Å². The van der Waals surface area contributed by atoms with Crippen molar-refractivity contribution >= 4 is 22.9 Å². The number of aliphatic hydroxyl groups excluding tert-OH is 1. The SMILES string of the molecule is Cn1c(/C=C(\O)c2ccccc2)nc2ccccc21. The van der Waals surface area contributed by atoms with Gasteiger partial charge in [-0.1, -0.05) is 42.5 Å². The van der Waals surface area contributed by atoms with Crippen LogP contribution in [0.4, 0.5) is 0 Å². The van der Waals surface area contributed by atoms with Crippen LogP contribution in [0.25, 0.3) is 22.9 Å². The van der Waals surface area contributed by atoms with Crippen LogP contribution >= 0.6 is 0 Å². The van der Waals surface area contributed by atoms with Gasteiger partial charge < -0.3 is 9.67 Å². The van der Waals surface area contributed by atoms with Crippen molar-refractivity contribution in [2.75, 3.05) is 0 Å². The molecule has 19 heavy (non-hydrogen) atoms. The maximum atomic E-state index is 10.1. The second-order valence-corrected chi connectivity index (χ2v) is 4.41. The number of aryl methyl sites for hydroxylation is 1. The number of hydrogen-bond donors (Lipinski definition) is 1. The molecule has 0 aliphatic heterocycles. The Bertz CT molecular complexity index is 742. The summed E-state index contributed by atoms with van der Waals surface area (Å²) in [5, 5.41) is 10.1. The number of aliphatic hydroxyl groups is 1. The molecule has 1 aromatic heterocycles.